The summed E-state index contributed by atoms with van der Waals surface area (Å²) in [5, 5.41) is 0. The molecular formula is C47H93F17. The van der Waals surface area contributed by atoms with Crippen LogP contribution in [0.25, 0.3) is 0 Å². The average molecular weight is 981 g/mol. The van der Waals surface area contributed by atoms with E-state index >= 15 is 0 Å². The molecule has 0 aromatic rings. The van der Waals surface area contributed by atoms with Crippen molar-refractivity contribution in [2.45, 2.75) is 259 Å². The molecule has 17 heteroatoms. The highest BCUT2D eigenvalue weighted by atomic mass is 19.4. The van der Waals surface area contributed by atoms with Gasteiger partial charge in [-0.15, -0.1) is 0 Å². The lowest BCUT2D eigenvalue weighted by atomic mass is 9.86. The molecular weight excluding hydrogens is 887 g/mol. The van der Waals surface area contributed by atoms with Crippen molar-refractivity contribution in [3.63, 3.8) is 0 Å². The molecule has 1 fully saturated rings. The number of alkyl halides is 17. The van der Waals surface area contributed by atoms with Crippen LogP contribution in [0.5, 0.6) is 0 Å². The minimum absolute atomic E-state index is 0.105. The van der Waals surface area contributed by atoms with Crippen LogP contribution >= 0.6 is 0 Å². The van der Waals surface area contributed by atoms with Gasteiger partial charge in [-0.25, -0.2) is 8.78 Å². The molecule has 0 radical (unpaired) electrons. The fraction of sp³-hybridized carbons (Fsp3) is 1.00. The van der Waals surface area contributed by atoms with Crippen molar-refractivity contribution in [3.8, 4) is 0 Å². The molecule has 1 unspecified atom stereocenters. The van der Waals surface area contributed by atoms with Crippen molar-refractivity contribution in [2.24, 2.45) is 46.3 Å². The standard InChI is InChI=1S/C7H13F3.C7H12F2.C6H8F6.C5H9F3.2C5H12.C4H7F3.2C4H10/c1-4-6(2,3)5-7(8,9)10;1-6-2-4-7(8,9)5-3-6;1-2-3-4(5(7,8)9)6(10,11)12;1-3-4(2)5(6,7)8;1-5(2,3)4;1-4-5(2)3;1-3(2)4(5,6)7;1-4(2)3;1-3-4-2/h4-5H2,1-3H3;6H,2-5H2,1H3;4H,2-3H2,1H3;4H,3H2,1-2H3;1-4H3;5H,4H2,1-3H3;3H,1-2H3;4H,1-3H3;3-4H2,1-2H3. The zero-order valence-corrected chi connectivity index (χ0v) is 43.4. The van der Waals surface area contributed by atoms with Crippen LogP contribution < -0.4 is 0 Å². The summed E-state index contributed by atoms with van der Waals surface area (Å²) in [5.74, 6) is -5.63. The zero-order chi connectivity index (χ0) is 53.9. The first kappa shape index (κ1) is 79.9. The normalized spacial score (nSPS) is 14.9. The monoisotopic (exact) mass is 981 g/mol. The van der Waals surface area contributed by atoms with E-state index in [0.29, 0.717) is 30.6 Å². The molecule has 1 atom stereocenters. The maximum Gasteiger partial charge on any atom is 0.400 e. The van der Waals surface area contributed by atoms with Crippen LogP contribution in [0.15, 0.2) is 0 Å². The van der Waals surface area contributed by atoms with Gasteiger partial charge in [0.1, 0.15) is 0 Å². The van der Waals surface area contributed by atoms with Crippen LogP contribution in [0.3, 0.4) is 0 Å². The van der Waals surface area contributed by atoms with E-state index in [9.17, 15) is 74.6 Å². The van der Waals surface area contributed by atoms with E-state index in [1.165, 1.54) is 40.0 Å². The van der Waals surface area contributed by atoms with Crippen molar-refractivity contribution in [1.29, 1.82) is 0 Å². The molecule has 1 aliphatic rings. The Morgan fingerprint density at radius 3 is 0.859 bits per heavy atom. The van der Waals surface area contributed by atoms with E-state index in [2.05, 4.69) is 83.1 Å². The van der Waals surface area contributed by atoms with Gasteiger partial charge in [-0.2, -0.15) is 65.9 Å². The van der Waals surface area contributed by atoms with Gasteiger partial charge in [0.25, 0.3) is 0 Å². The van der Waals surface area contributed by atoms with Crippen LogP contribution in [0.4, 0.5) is 74.6 Å². The number of rotatable bonds is 7. The molecule has 1 aliphatic carbocycles. The van der Waals surface area contributed by atoms with Crippen molar-refractivity contribution >= 4 is 0 Å². The summed E-state index contributed by atoms with van der Waals surface area (Å²) in [7, 11) is 0. The SMILES string of the molecule is CC(C)(C)C.CC(C)C.CC(C)C(F)(F)F.CC1CCC(F)(F)CC1.CCC(C)(C)CC(F)(F)F.CCC(C)C.CCC(C)C(F)(F)F.CCCC.CCCC(C(F)(F)F)C(F)(F)F. The van der Waals surface area contributed by atoms with Gasteiger partial charge in [0.05, 0.1) is 5.92 Å². The van der Waals surface area contributed by atoms with Crippen molar-refractivity contribution in [1.82, 2.24) is 0 Å². The summed E-state index contributed by atoms with van der Waals surface area (Å²) in [6.45, 7) is 39.6. The molecule has 0 amide bonds. The van der Waals surface area contributed by atoms with E-state index in [-0.39, 0.29) is 25.7 Å². The van der Waals surface area contributed by atoms with E-state index < -0.39 is 72.8 Å². The van der Waals surface area contributed by atoms with Gasteiger partial charge in [-0.05, 0) is 54.3 Å². The number of unbranched alkanes of at least 4 members (excludes halogenated alkanes) is 1. The van der Waals surface area contributed by atoms with Crippen LogP contribution in [0.1, 0.15) is 222 Å². The molecule has 1 saturated carbocycles. The molecule has 0 saturated heterocycles. The van der Waals surface area contributed by atoms with E-state index in [1.807, 2.05) is 6.92 Å². The summed E-state index contributed by atoms with van der Waals surface area (Å²) in [5.41, 5.74) is -0.0990. The van der Waals surface area contributed by atoms with E-state index in [1.54, 1.807) is 20.8 Å². The van der Waals surface area contributed by atoms with E-state index in [4.69, 9.17) is 0 Å². The highest BCUT2D eigenvalue weighted by Gasteiger charge is 2.55. The number of hydrogen-bond donors (Lipinski definition) is 0. The lowest BCUT2D eigenvalue weighted by Gasteiger charge is -2.25. The highest BCUT2D eigenvalue weighted by Crippen LogP contribution is 2.42. The van der Waals surface area contributed by atoms with Crippen LogP contribution in [-0.4, -0.2) is 36.8 Å². The Bertz CT molecular complexity index is 928. The molecule has 0 spiro atoms. The number of halogens is 17. The third-order valence-electron chi connectivity index (χ3n) is 8.15. The molecule has 1 rings (SSSR count). The Labute approximate surface area is 379 Å². The third-order valence-corrected chi connectivity index (χ3v) is 8.15. The van der Waals surface area contributed by atoms with Crippen LogP contribution in [-0.2, 0) is 0 Å². The minimum Gasteiger partial charge on any atom is -0.207 e. The molecule has 0 aromatic heterocycles. The summed E-state index contributed by atoms with van der Waals surface area (Å²) in [6, 6.07) is 0. The molecule has 0 bridgehead atoms. The Balaban J connectivity index is -0.0000000941. The lowest BCUT2D eigenvalue weighted by molar-refractivity contribution is -0.285. The zero-order valence-electron chi connectivity index (χ0n) is 43.4. The molecule has 0 aromatic carbocycles. The number of hydrogen-bond acceptors (Lipinski definition) is 0. The Kier molecular flexibility index (Phi) is 48.4. The van der Waals surface area contributed by atoms with Gasteiger partial charge in [0.15, 0.2) is 5.92 Å². The summed E-state index contributed by atoms with van der Waals surface area (Å²) in [4.78, 5) is 0. The Morgan fingerprint density at radius 2 is 0.781 bits per heavy atom. The molecule has 0 aliphatic heterocycles. The van der Waals surface area contributed by atoms with Gasteiger partial charge >= 0.3 is 30.9 Å². The van der Waals surface area contributed by atoms with Crippen LogP contribution in [0, 0.1) is 46.3 Å². The van der Waals surface area contributed by atoms with Crippen molar-refractivity contribution in [3.05, 3.63) is 0 Å². The molecule has 0 N–H and O–H groups in total. The average Bonchev–Trinajstić information content (AvgIpc) is 3.06. The molecule has 64 heavy (non-hydrogen) atoms. The summed E-state index contributed by atoms with van der Waals surface area (Å²) < 4.78 is 198. The summed E-state index contributed by atoms with van der Waals surface area (Å²) >= 11 is 0. The fourth-order valence-corrected chi connectivity index (χ4v) is 2.89. The van der Waals surface area contributed by atoms with Gasteiger partial charge in [-0.1, -0.05) is 178 Å². The maximum absolute atomic E-state index is 12.4. The van der Waals surface area contributed by atoms with Gasteiger partial charge < -0.3 is 0 Å². The Morgan fingerprint density at radius 1 is 0.500 bits per heavy atom. The quantitative estimate of drug-likeness (QED) is 0.223. The second-order valence-corrected chi connectivity index (χ2v) is 19.9. The van der Waals surface area contributed by atoms with Gasteiger partial charge in [-0.3, -0.25) is 0 Å². The first-order valence-corrected chi connectivity index (χ1v) is 22.6. The van der Waals surface area contributed by atoms with E-state index in [0.717, 1.165) is 25.7 Å². The smallest absolute Gasteiger partial charge is 0.207 e. The lowest BCUT2D eigenvalue weighted by Crippen LogP contribution is -2.36. The first-order valence-electron chi connectivity index (χ1n) is 22.6. The Hall–Kier alpha value is -1.19. The first-order chi connectivity index (χ1) is 27.9. The third kappa shape index (κ3) is 81.0. The van der Waals surface area contributed by atoms with Crippen molar-refractivity contribution in [2.75, 3.05) is 0 Å². The minimum atomic E-state index is -5.17. The van der Waals surface area contributed by atoms with Gasteiger partial charge in [0.2, 0.25) is 5.92 Å². The largest absolute Gasteiger partial charge is 0.400 e. The second kappa shape index (κ2) is 38.7. The van der Waals surface area contributed by atoms with Crippen molar-refractivity contribution < 1.29 is 74.6 Å². The highest BCUT2D eigenvalue weighted by molar-refractivity contribution is 4.75. The van der Waals surface area contributed by atoms with Crippen LogP contribution in [0.2, 0.25) is 0 Å². The predicted octanol–water partition coefficient (Wildman–Crippen LogP) is 22.1. The maximum atomic E-state index is 12.4. The molecule has 0 heterocycles. The predicted molar refractivity (Wildman–Crippen MR) is 236 cm³/mol. The molecule has 400 valence electrons. The topological polar surface area (TPSA) is 0 Å². The van der Waals surface area contributed by atoms with Gasteiger partial charge in [0, 0.05) is 25.2 Å². The fourth-order valence-electron chi connectivity index (χ4n) is 2.89. The molecule has 0 nitrogen and oxygen atoms in total. The summed E-state index contributed by atoms with van der Waals surface area (Å²) in [6.07, 6.45) is -17.8. The second-order valence-electron chi connectivity index (χ2n) is 19.9.